The summed E-state index contributed by atoms with van der Waals surface area (Å²) in [4.78, 5) is 2.22. The highest BCUT2D eigenvalue weighted by molar-refractivity contribution is 9.10. The van der Waals surface area contributed by atoms with Crippen molar-refractivity contribution in [2.45, 2.75) is 19.1 Å². The van der Waals surface area contributed by atoms with Crippen molar-refractivity contribution < 1.29 is 9.13 Å². The van der Waals surface area contributed by atoms with Gasteiger partial charge in [-0.3, -0.25) is 4.90 Å². The SMILES string of the molecule is COC1CCN(Cc2c(F)cccc2Br)C1. The molecule has 1 fully saturated rings. The van der Waals surface area contributed by atoms with Gasteiger partial charge in [-0.2, -0.15) is 0 Å². The van der Waals surface area contributed by atoms with E-state index in [0.717, 1.165) is 29.5 Å². The third-order valence-corrected chi connectivity index (χ3v) is 3.75. The number of halogens is 2. The molecule has 1 aliphatic heterocycles. The molecule has 0 spiro atoms. The lowest BCUT2D eigenvalue weighted by atomic mass is 10.2. The van der Waals surface area contributed by atoms with E-state index in [1.807, 2.05) is 6.07 Å². The van der Waals surface area contributed by atoms with Crippen LogP contribution in [0.5, 0.6) is 0 Å². The minimum absolute atomic E-state index is 0.143. The molecule has 1 aliphatic rings. The first-order chi connectivity index (χ1) is 7.70. The highest BCUT2D eigenvalue weighted by Crippen LogP contribution is 2.23. The van der Waals surface area contributed by atoms with Crippen LogP contribution < -0.4 is 0 Å². The zero-order valence-electron chi connectivity index (χ0n) is 9.25. The topological polar surface area (TPSA) is 12.5 Å². The predicted octanol–water partition coefficient (Wildman–Crippen LogP) is 2.81. The summed E-state index contributed by atoms with van der Waals surface area (Å²) >= 11 is 3.39. The molecule has 2 nitrogen and oxygen atoms in total. The van der Waals surface area contributed by atoms with Gasteiger partial charge in [-0.25, -0.2) is 4.39 Å². The lowest BCUT2D eigenvalue weighted by molar-refractivity contribution is 0.107. The van der Waals surface area contributed by atoms with Gasteiger partial charge < -0.3 is 4.74 Å². The molecular weight excluding hydrogens is 273 g/mol. The van der Waals surface area contributed by atoms with Gasteiger partial charge in [0.2, 0.25) is 0 Å². The monoisotopic (exact) mass is 287 g/mol. The van der Waals surface area contributed by atoms with Crippen LogP contribution in [0, 0.1) is 5.82 Å². The van der Waals surface area contributed by atoms with Crippen LogP contribution in [0.2, 0.25) is 0 Å². The number of hydrogen-bond donors (Lipinski definition) is 0. The van der Waals surface area contributed by atoms with Crippen molar-refractivity contribution in [3.05, 3.63) is 34.1 Å². The Bertz CT molecular complexity index is 352. The Labute approximate surface area is 104 Å². The number of ether oxygens (including phenoxy) is 1. The summed E-state index contributed by atoms with van der Waals surface area (Å²) < 4.78 is 19.7. The van der Waals surface area contributed by atoms with E-state index in [4.69, 9.17) is 4.74 Å². The number of likely N-dealkylation sites (tertiary alicyclic amines) is 1. The first-order valence-corrected chi connectivity index (χ1v) is 6.18. The van der Waals surface area contributed by atoms with Crippen LogP contribution in [-0.4, -0.2) is 31.2 Å². The highest BCUT2D eigenvalue weighted by Gasteiger charge is 2.23. The largest absolute Gasteiger partial charge is 0.380 e. The summed E-state index contributed by atoms with van der Waals surface area (Å²) in [5.41, 5.74) is 0.735. The van der Waals surface area contributed by atoms with E-state index in [-0.39, 0.29) is 5.82 Å². The Morgan fingerprint density at radius 1 is 1.56 bits per heavy atom. The molecule has 0 aromatic heterocycles. The Hall–Kier alpha value is -0.450. The molecule has 4 heteroatoms. The molecule has 1 heterocycles. The van der Waals surface area contributed by atoms with Crippen molar-refractivity contribution in [3.63, 3.8) is 0 Å². The summed E-state index contributed by atoms with van der Waals surface area (Å²) in [6.45, 7) is 2.50. The van der Waals surface area contributed by atoms with Crippen molar-refractivity contribution in [3.8, 4) is 0 Å². The van der Waals surface area contributed by atoms with E-state index >= 15 is 0 Å². The summed E-state index contributed by atoms with van der Waals surface area (Å²) in [7, 11) is 1.73. The van der Waals surface area contributed by atoms with Crippen molar-refractivity contribution in [2.24, 2.45) is 0 Å². The number of nitrogens with zero attached hydrogens (tertiary/aromatic N) is 1. The number of benzene rings is 1. The van der Waals surface area contributed by atoms with Crippen LogP contribution in [0.3, 0.4) is 0 Å². The smallest absolute Gasteiger partial charge is 0.128 e. The van der Waals surface area contributed by atoms with Crippen LogP contribution in [0.25, 0.3) is 0 Å². The zero-order chi connectivity index (χ0) is 11.5. The van der Waals surface area contributed by atoms with Gasteiger partial charge in [-0.05, 0) is 18.6 Å². The molecule has 0 amide bonds. The van der Waals surface area contributed by atoms with Gasteiger partial charge in [0.05, 0.1) is 6.10 Å². The van der Waals surface area contributed by atoms with Crippen molar-refractivity contribution in [2.75, 3.05) is 20.2 Å². The van der Waals surface area contributed by atoms with Crippen molar-refractivity contribution in [1.82, 2.24) is 4.90 Å². The van der Waals surface area contributed by atoms with E-state index < -0.39 is 0 Å². The molecule has 88 valence electrons. The maximum absolute atomic E-state index is 13.6. The molecule has 0 N–H and O–H groups in total. The van der Waals surface area contributed by atoms with E-state index in [9.17, 15) is 4.39 Å². The van der Waals surface area contributed by atoms with E-state index in [1.165, 1.54) is 6.07 Å². The normalized spacial score (nSPS) is 21.6. The van der Waals surface area contributed by atoms with Crippen LogP contribution >= 0.6 is 15.9 Å². The van der Waals surface area contributed by atoms with Crippen molar-refractivity contribution >= 4 is 15.9 Å². The fraction of sp³-hybridized carbons (Fsp3) is 0.500. The van der Waals surface area contributed by atoms with Gasteiger partial charge in [0.25, 0.3) is 0 Å². The van der Waals surface area contributed by atoms with Crippen LogP contribution in [0.15, 0.2) is 22.7 Å². The zero-order valence-corrected chi connectivity index (χ0v) is 10.8. The van der Waals surface area contributed by atoms with E-state index in [2.05, 4.69) is 20.8 Å². The minimum atomic E-state index is -0.143. The lowest BCUT2D eigenvalue weighted by Gasteiger charge is -2.17. The minimum Gasteiger partial charge on any atom is -0.380 e. The second kappa shape index (κ2) is 5.25. The summed E-state index contributed by atoms with van der Waals surface area (Å²) in [5, 5.41) is 0. The molecule has 1 saturated heterocycles. The molecule has 0 bridgehead atoms. The molecule has 0 radical (unpaired) electrons. The molecule has 16 heavy (non-hydrogen) atoms. The second-order valence-electron chi connectivity index (χ2n) is 4.08. The van der Waals surface area contributed by atoms with Gasteiger partial charge in [-0.1, -0.05) is 22.0 Å². The molecule has 0 aliphatic carbocycles. The Morgan fingerprint density at radius 2 is 2.38 bits per heavy atom. The average molecular weight is 288 g/mol. The molecule has 1 unspecified atom stereocenters. The van der Waals surface area contributed by atoms with Crippen LogP contribution in [0.4, 0.5) is 4.39 Å². The quantitative estimate of drug-likeness (QED) is 0.848. The number of rotatable bonds is 3. The first-order valence-electron chi connectivity index (χ1n) is 5.38. The summed E-state index contributed by atoms with van der Waals surface area (Å²) in [6.07, 6.45) is 1.33. The van der Waals surface area contributed by atoms with Gasteiger partial charge in [0, 0.05) is 36.8 Å². The van der Waals surface area contributed by atoms with Crippen LogP contribution in [-0.2, 0) is 11.3 Å². The molecule has 1 aromatic carbocycles. The average Bonchev–Trinajstić information content (AvgIpc) is 2.71. The molecule has 2 rings (SSSR count). The first kappa shape index (κ1) is 12.0. The maximum Gasteiger partial charge on any atom is 0.128 e. The van der Waals surface area contributed by atoms with E-state index in [1.54, 1.807) is 13.2 Å². The summed E-state index contributed by atoms with van der Waals surface area (Å²) in [5.74, 6) is -0.143. The van der Waals surface area contributed by atoms with Gasteiger partial charge in [-0.15, -0.1) is 0 Å². The maximum atomic E-state index is 13.6. The predicted molar refractivity (Wildman–Crippen MR) is 64.8 cm³/mol. The lowest BCUT2D eigenvalue weighted by Crippen LogP contribution is -2.23. The van der Waals surface area contributed by atoms with Gasteiger partial charge in [0.15, 0.2) is 0 Å². The fourth-order valence-corrected chi connectivity index (χ4v) is 2.51. The number of hydrogen-bond acceptors (Lipinski definition) is 2. The Balaban J connectivity index is 2.04. The summed E-state index contributed by atoms with van der Waals surface area (Å²) in [6, 6.07) is 5.09. The standard InChI is InChI=1S/C12H15BrFNO/c1-16-9-5-6-15(7-9)8-10-11(13)3-2-4-12(10)14/h2-4,9H,5-8H2,1H3. The Morgan fingerprint density at radius 3 is 3.00 bits per heavy atom. The number of methoxy groups -OCH3 is 1. The Kier molecular flexibility index (Phi) is 3.95. The third-order valence-electron chi connectivity index (χ3n) is 3.01. The van der Waals surface area contributed by atoms with E-state index in [0.29, 0.717) is 12.6 Å². The van der Waals surface area contributed by atoms with Gasteiger partial charge in [0.1, 0.15) is 5.82 Å². The van der Waals surface area contributed by atoms with Crippen LogP contribution in [0.1, 0.15) is 12.0 Å². The second-order valence-corrected chi connectivity index (χ2v) is 4.94. The molecule has 1 atom stereocenters. The van der Waals surface area contributed by atoms with Gasteiger partial charge >= 0.3 is 0 Å². The molecule has 0 saturated carbocycles. The highest BCUT2D eigenvalue weighted by atomic mass is 79.9. The van der Waals surface area contributed by atoms with Crippen molar-refractivity contribution in [1.29, 1.82) is 0 Å². The molecular formula is C12H15BrFNO. The fourth-order valence-electron chi connectivity index (χ4n) is 2.04. The molecule has 1 aromatic rings. The third kappa shape index (κ3) is 2.62.